The fourth-order valence-corrected chi connectivity index (χ4v) is 4.05. The van der Waals surface area contributed by atoms with Crippen LogP contribution in [0, 0.1) is 0 Å². The number of hydrogen-bond acceptors (Lipinski definition) is 7. The van der Waals surface area contributed by atoms with Crippen LogP contribution in [0.4, 0.5) is 5.82 Å². The van der Waals surface area contributed by atoms with Crippen molar-refractivity contribution in [1.82, 2.24) is 25.0 Å². The van der Waals surface area contributed by atoms with Crippen molar-refractivity contribution in [3.63, 3.8) is 0 Å². The zero-order chi connectivity index (χ0) is 21.1. The molecule has 1 unspecified atom stereocenters. The van der Waals surface area contributed by atoms with E-state index in [-0.39, 0.29) is 6.54 Å². The molecule has 0 amide bonds. The summed E-state index contributed by atoms with van der Waals surface area (Å²) in [6.07, 6.45) is 3.23. The summed E-state index contributed by atoms with van der Waals surface area (Å²) in [5.41, 5.74) is 2.95. The van der Waals surface area contributed by atoms with Crippen LogP contribution in [0.2, 0.25) is 5.02 Å². The number of halogens is 1. The summed E-state index contributed by atoms with van der Waals surface area (Å²) < 4.78 is 27.8. The molecule has 4 rings (SSSR count). The number of benzene rings is 1. The Morgan fingerprint density at radius 1 is 1.27 bits per heavy atom. The van der Waals surface area contributed by atoms with Gasteiger partial charge in [-0.1, -0.05) is 11.6 Å². The second kappa shape index (κ2) is 9.19. The number of ether oxygens (including phenoxy) is 1. The Morgan fingerprint density at radius 3 is 2.80 bits per heavy atom. The monoisotopic (exact) mass is 448 g/mol. The summed E-state index contributed by atoms with van der Waals surface area (Å²) in [4.78, 5) is 15.5. The van der Waals surface area contributed by atoms with Gasteiger partial charge in [-0.05, 0) is 18.2 Å². The third-order valence-electron chi connectivity index (χ3n) is 4.94. The van der Waals surface area contributed by atoms with Gasteiger partial charge in [-0.2, -0.15) is 0 Å². The van der Waals surface area contributed by atoms with Gasteiger partial charge in [-0.15, -0.1) is 0 Å². The molecule has 0 spiro atoms. The van der Waals surface area contributed by atoms with Gasteiger partial charge in [0, 0.05) is 61.0 Å². The minimum Gasteiger partial charge on any atom is -0.481 e. The number of hydrogen-bond donors (Lipinski definition) is 3. The lowest BCUT2D eigenvalue weighted by Gasteiger charge is -2.29. The molecule has 0 saturated carbocycles. The lowest BCUT2D eigenvalue weighted by molar-refractivity contribution is 0.392. The number of fused-ring (bicyclic) bond motifs is 1. The molecule has 0 bridgehead atoms. The lowest BCUT2D eigenvalue weighted by Crippen LogP contribution is -2.44. The van der Waals surface area contributed by atoms with Crippen molar-refractivity contribution in [3.8, 4) is 17.0 Å². The molecule has 1 aromatic carbocycles. The third kappa shape index (κ3) is 4.37. The van der Waals surface area contributed by atoms with E-state index in [1.807, 2.05) is 18.2 Å². The molecular formula is C19H21ClN6O3S. The largest absolute Gasteiger partial charge is 0.481 e. The van der Waals surface area contributed by atoms with Crippen LogP contribution in [-0.4, -0.2) is 57.0 Å². The van der Waals surface area contributed by atoms with Crippen molar-refractivity contribution in [1.29, 1.82) is 0 Å². The summed E-state index contributed by atoms with van der Waals surface area (Å²) in [6, 6.07) is 5.64. The summed E-state index contributed by atoms with van der Waals surface area (Å²) in [5.74, 6) is 1.25. The minimum absolute atomic E-state index is 0.119. The highest BCUT2D eigenvalue weighted by Gasteiger charge is 2.18. The highest BCUT2D eigenvalue weighted by molar-refractivity contribution is 7.77. The standard InChI is InChI=1S/C19H21ClN6O3S/c1-29-19-13(10-25-30(27)28)6-12(9-22-19)14-7-15-17(8-16(14)20)23-11-24-18(15)26-4-2-21-3-5-26/h6-9,11,21,25H,2-5,10H2,1H3,(H,27,28). The van der Waals surface area contributed by atoms with Crippen molar-refractivity contribution in [2.75, 3.05) is 38.2 Å². The van der Waals surface area contributed by atoms with Gasteiger partial charge in [0.15, 0.2) is 0 Å². The number of rotatable bonds is 6. The normalized spacial score (nSPS) is 15.4. The molecule has 1 aliphatic heterocycles. The lowest BCUT2D eigenvalue weighted by atomic mass is 10.0. The van der Waals surface area contributed by atoms with Gasteiger partial charge in [0.25, 0.3) is 0 Å². The first-order chi connectivity index (χ1) is 14.6. The van der Waals surface area contributed by atoms with E-state index in [1.165, 1.54) is 7.11 Å². The zero-order valence-electron chi connectivity index (χ0n) is 16.3. The molecule has 2 aromatic heterocycles. The average Bonchev–Trinajstić information content (AvgIpc) is 2.77. The molecular weight excluding hydrogens is 428 g/mol. The molecule has 3 heterocycles. The first-order valence-electron chi connectivity index (χ1n) is 9.34. The van der Waals surface area contributed by atoms with E-state index in [9.17, 15) is 4.21 Å². The summed E-state index contributed by atoms with van der Waals surface area (Å²) >= 11 is 4.44. The Labute approximate surface area is 181 Å². The van der Waals surface area contributed by atoms with Crippen molar-refractivity contribution in [2.24, 2.45) is 0 Å². The van der Waals surface area contributed by atoms with Gasteiger partial charge < -0.3 is 15.0 Å². The van der Waals surface area contributed by atoms with Crippen molar-refractivity contribution >= 4 is 39.6 Å². The van der Waals surface area contributed by atoms with Crippen molar-refractivity contribution in [2.45, 2.75) is 6.54 Å². The first kappa shape index (κ1) is 20.9. The number of anilines is 1. The molecule has 3 aromatic rings. The van der Waals surface area contributed by atoms with E-state index in [1.54, 1.807) is 12.5 Å². The molecule has 1 saturated heterocycles. The Balaban J connectivity index is 1.79. The zero-order valence-corrected chi connectivity index (χ0v) is 17.8. The van der Waals surface area contributed by atoms with Crippen LogP contribution < -0.4 is 19.7 Å². The second-order valence-corrected chi connectivity index (χ2v) is 7.94. The van der Waals surface area contributed by atoms with Gasteiger partial charge in [-0.25, -0.2) is 23.9 Å². The Hall–Kier alpha value is -2.37. The maximum absolute atomic E-state index is 11.0. The van der Waals surface area contributed by atoms with E-state index in [0.717, 1.165) is 54.0 Å². The van der Waals surface area contributed by atoms with Gasteiger partial charge in [0.1, 0.15) is 12.1 Å². The van der Waals surface area contributed by atoms with E-state index in [2.05, 4.69) is 29.9 Å². The first-order valence-corrected chi connectivity index (χ1v) is 10.8. The topological polar surface area (TPSA) is 113 Å². The number of aromatic nitrogens is 3. The van der Waals surface area contributed by atoms with Gasteiger partial charge in [-0.3, -0.25) is 4.55 Å². The van der Waals surface area contributed by atoms with Crippen molar-refractivity contribution in [3.05, 3.63) is 41.3 Å². The maximum Gasteiger partial charge on any atom is 0.232 e. The Bertz CT molecular complexity index is 1090. The fraction of sp³-hybridized carbons (Fsp3) is 0.316. The summed E-state index contributed by atoms with van der Waals surface area (Å²) in [7, 11) is 1.50. The molecule has 1 aliphatic rings. The van der Waals surface area contributed by atoms with E-state index in [4.69, 9.17) is 20.9 Å². The predicted molar refractivity (Wildman–Crippen MR) is 117 cm³/mol. The summed E-state index contributed by atoms with van der Waals surface area (Å²) in [5, 5.41) is 4.78. The maximum atomic E-state index is 11.0. The van der Waals surface area contributed by atoms with Crippen molar-refractivity contribution < 1.29 is 13.5 Å². The quantitative estimate of drug-likeness (QED) is 0.491. The fourth-order valence-electron chi connectivity index (χ4n) is 3.51. The molecule has 11 heteroatoms. The Morgan fingerprint density at radius 2 is 2.07 bits per heavy atom. The van der Waals surface area contributed by atoms with Crippen LogP contribution in [0.25, 0.3) is 22.0 Å². The minimum atomic E-state index is -2.14. The number of methoxy groups -OCH3 is 1. The average molecular weight is 449 g/mol. The molecule has 1 fully saturated rings. The SMILES string of the molecule is COc1ncc(-c2cc3c(N4CCNCC4)ncnc3cc2Cl)cc1CNS(=O)O. The van der Waals surface area contributed by atoms with Crippen LogP contribution in [0.1, 0.15) is 5.56 Å². The van der Waals surface area contributed by atoms with Crippen LogP contribution >= 0.6 is 11.6 Å². The number of piperazine rings is 1. The van der Waals surface area contributed by atoms with Crippen LogP contribution in [0.5, 0.6) is 5.88 Å². The molecule has 3 N–H and O–H groups in total. The smallest absolute Gasteiger partial charge is 0.232 e. The van der Waals surface area contributed by atoms with E-state index >= 15 is 0 Å². The van der Waals surface area contributed by atoms with Crippen LogP contribution in [0.3, 0.4) is 0 Å². The van der Waals surface area contributed by atoms with Gasteiger partial charge in [0.2, 0.25) is 17.1 Å². The molecule has 0 radical (unpaired) electrons. The summed E-state index contributed by atoms with van der Waals surface area (Å²) in [6.45, 7) is 3.64. The van der Waals surface area contributed by atoms with E-state index < -0.39 is 11.3 Å². The second-order valence-electron chi connectivity index (χ2n) is 6.75. The molecule has 30 heavy (non-hydrogen) atoms. The number of nitrogens with one attached hydrogen (secondary N) is 2. The van der Waals surface area contributed by atoms with Crippen LogP contribution in [-0.2, 0) is 17.8 Å². The molecule has 158 valence electrons. The third-order valence-corrected chi connectivity index (χ3v) is 5.64. The van der Waals surface area contributed by atoms with E-state index in [0.29, 0.717) is 16.5 Å². The highest BCUT2D eigenvalue weighted by atomic mass is 35.5. The molecule has 0 aliphatic carbocycles. The van der Waals surface area contributed by atoms with Crippen LogP contribution in [0.15, 0.2) is 30.7 Å². The Kier molecular flexibility index (Phi) is 6.40. The highest BCUT2D eigenvalue weighted by Crippen LogP contribution is 2.35. The molecule has 9 nitrogen and oxygen atoms in total. The number of pyridine rings is 1. The number of nitrogens with zero attached hydrogens (tertiary/aromatic N) is 4. The van der Waals surface area contributed by atoms with Gasteiger partial charge >= 0.3 is 0 Å². The predicted octanol–water partition coefficient (Wildman–Crippen LogP) is 1.99. The van der Waals surface area contributed by atoms with Gasteiger partial charge in [0.05, 0.1) is 17.6 Å². The molecule has 1 atom stereocenters.